The second-order valence-corrected chi connectivity index (χ2v) is 7.07. The molecule has 0 saturated heterocycles. The second-order valence-electron chi connectivity index (χ2n) is 7.07. The minimum absolute atomic E-state index is 0.0523. The summed E-state index contributed by atoms with van der Waals surface area (Å²) in [5.74, 6) is -1.18. The molecular weight excluding hydrogens is 352 g/mol. The van der Waals surface area contributed by atoms with Crippen molar-refractivity contribution in [3.8, 4) is 0 Å². The number of hydroxylamine groups is 1. The molecule has 2 aromatic rings. The molecule has 1 aliphatic carbocycles. The maximum atomic E-state index is 14.0. The van der Waals surface area contributed by atoms with Crippen LogP contribution in [0.5, 0.6) is 0 Å². The monoisotopic (exact) mass is 375 g/mol. The van der Waals surface area contributed by atoms with Crippen molar-refractivity contribution in [2.45, 2.75) is 50.7 Å². The van der Waals surface area contributed by atoms with Crippen molar-refractivity contribution in [2.75, 3.05) is 0 Å². The second kappa shape index (κ2) is 8.15. The van der Waals surface area contributed by atoms with Crippen molar-refractivity contribution in [1.29, 1.82) is 0 Å². The van der Waals surface area contributed by atoms with Gasteiger partial charge in [0.15, 0.2) is 0 Å². The zero-order valence-electron chi connectivity index (χ0n) is 15.2. The van der Waals surface area contributed by atoms with Crippen LogP contribution in [-0.2, 0) is 21.6 Å². The van der Waals surface area contributed by atoms with Crippen molar-refractivity contribution >= 4 is 5.91 Å². The zero-order chi connectivity index (χ0) is 19.4. The number of halogens is 2. The van der Waals surface area contributed by atoms with Gasteiger partial charge in [-0.1, -0.05) is 24.3 Å². The quantitative estimate of drug-likeness (QED) is 0.609. The molecule has 27 heavy (non-hydrogen) atoms. The van der Waals surface area contributed by atoms with E-state index in [9.17, 15) is 18.8 Å². The smallest absolute Gasteiger partial charge is 0.253 e. The van der Waals surface area contributed by atoms with Gasteiger partial charge in [-0.3, -0.25) is 10.0 Å². The highest BCUT2D eigenvalue weighted by Crippen LogP contribution is 2.42. The maximum Gasteiger partial charge on any atom is 0.253 e. The van der Waals surface area contributed by atoms with Gasteiger partial charge < -0.3 is 4.74 Å². The van der Waals surface area contributed by atoms with Crippen LogP contribution in [-0.4, -0.2) is 17.2 Å². The summed E-state index contributed by atoms with van der Waals surface area (Å²) < 4.78 is 32.9. The zero-order valence-corrected chi connectivity index (χ0v) is 15.2. The van der Waals surface area contributed by atoms with E-state index < -0.39 is 11.3 Å². The number of benzene rings is 2. The molecule has 4 nitrogen and oxygen atoms in total. The first kappa shape index (κ1) is 19.5. The van der Waals surface area contributed by atoms with Crippen molar-refractivity contribution < 1.29 is 23.5 Å². The molecular formula is C21H23F2NO3. The van der Waals surface area contributed by atoms with Gasteiger partial charge in [-0.25, -0.2) is 14.3 Å². The van der Waals surface area contributed by atoms with Crippen molar-refractivity contribution in [2.24, 2.45) is 0 Å². The van der Waals surface area contributed by atoms with Crippen LogP contribution in [0.25, 0.3) is 0 Å². The Bertz CT molecular complexity index is 800. The molecule has 3 rings (SSSR count). The first-order valence-corrected chi connectivity index (χ1v) is 9.02. The number of rotatable bonds is 5. The fourth-order valence-electron chi connectivity index (χ4n) is 3.90. The third kappa shape index (κ3) is 4.01. The predicted molar refractivity (Wildman–Crippen MR) is 96.2 cm³/mol. The van der Waals surface area contributed by atoms with E-state index in [4.69, 9.17) is 4.74 Å². The van der Waals surface area contributed by atoms with Gasteiger partial charge in [0.2, 0.25) is 0 Å². The van der Waals surface area contributed by atoms with Gasteiger partial charge in [0.1, 0.15) is 11.6 Å². The Morgan fingerprint density at radius 3 is 2.48 bits per heavy atom. The Balaban J connectivity index is 1.71. The lowest BCUT2D eigenvalue weighted by Gasteiger charge is -2.39. The highest BCUT2D eigenvalue weighted by atomic mass is 19.1. The Kier molecular flexibility index (Phi) is 5.87. The van der Waals surface area contributed by atoms with Crippen LogP contribution in [0.4, 0.5) is 8.78 Å². The fourth-order valence-corrected chi connectivity index (χ4v) is 3.90. The molecule has 0 atom stereocenters. The van der Waals surface area contributed by atoms with Crippen molar-refractivity contribution in [3.63, 3.8) is 0 Å². The Morgan fingerprint density at radius 2 is 1.85 bits per heavy atom. The molecule has 1 aliphatic rings. The minimum Gasteiger partial charge on any atom is -0.374 e. The average Bonchev–Trinajstić information content (AvgIpc) is 2.69. The van der Waals surface area contributed by atoms with E-state index >= 15 is 0 Å². The van der Waals surface area contributed by atoms with Crippen LogP contribution < -0.4 is 5.48 Å². The van der Waals surface area contributed by atoms with E-state index in [1.165, 1.54) is 18.2 Å². The number of amides is 1. The van der Waals surface area contributed by atoms with Crippen LogP contribution in [0.3, 0.4) is 0 Å². The Labute approximate surface area is 157 Å². The molecule has 1 fully saturated rings. The van der Waals surface area contributed by atoms with E-state index in [-0.39, 0.29) is 17.7 Å². The largest absolute Gasteiger partial charge is 0.374 e. The lowest BCUT2D eigenvalue weighted by Crippen LogP contribution is -2.47. The molecule has 1 amide bonds. The summed E-state index contributed by atoms with van der Waals surface area (Å²) in [5.41, 5.74) is 2.69. The maximum absolute atomic E-state index is 14.0. The van der Waals surface area contributed by atoms with E-state index in [0.29, 0.717) is 43.4 Å². The lowest BCUT2D eigenvalue weighted by atomic mass is 9.67. The van der Waals surface area contributed by atoms with Crippen LogP contribution in [0.2, 0.25) is 0 Å². The number of nitrogens with one attached hydrogen (secondary N) is 1. The molecule has 0 heterocycles. The fraction of sp³-hybridized carbons (Fsp3) is 0.381. The SMILES string of the molecule is Cc1c(F)cccc1C1(C(=O)NO)CCC(OCc2ccc(F)cc2)CC1. The lowest BCUT2D eigenvalue weighted by molar-refractivity contribution is -0.138. The van der Waals surface area contributed by atoms with Crippen LogP contribution >= 0.6 is 0 Å². The molecule has 0 spiro atoms. The number of carbonyl (C=O) groups excluding carboxylic acids is 1. The number of hydrogen-bond donors (Lipinski definition) is 2. The van der Waals surface area contributed by atoms with Gasteiger partial charge >= 0.3 is 0 Å². The van der Waals surface area contributed by atoms with Gasteiger partial charge in [0.05, 0.1) is 18.1 Å². The number of hydrogen-bond acceptors (Lipinski definition) is 3. The molecule has 2 aromatic carbocycles. The summed E-state index contributed by atoms with van der Waals surface area (Å²) in [6, 6.07) is 10.8. The van der Waals surface area contributed by atoms with Gasteiger partial charge in [0.25, 0.3) is 5.91 Å². The average molecular weight is 375 g/mol. The highest BCUT2D eigenvalue weighted by Gasteiger charge is 2.44. The molecule has 0 bridgehead atoms. The molecule has 144 valence electrons. The summed E-state index contributed by atoms with van der Waals surface area (Å²) in [6.45, 7) is 2.01. The third-order valence-corrected chi connectivity index (χ3v) is 5.50. The van der Waals surface area contributed by atoms with Crippen LogP contribution in [0.15, 0.2) is 42.5 Å². The number of carbonyl (C=O) groups is 1. The first-order valence-electron chi connectivity index (χ1n) is 9.02. The first-order chi connectivity index (χ1) is 13.0. The Morgan fingerprint density at radius 1 is 1.19 bits per heavy atom. The molecule has 6 heteroatoms. The summed E-state index contributed by atoms with van der Waals surface area (Å²) in [7, 11) is 0. The summed E-state index contributed by atoms with van der Waals surface area (Å²) in [6.07, 6.45) is 2.04. The van der Waals surface area contributed by atoms with E-state index in [2.05, 4.69) is 0 Å². The molecule has 2 N–H and O–H groups in total. The predicted octanol–water partition coefficient (Wildman–Crippen LogP) is 4.18. The third-order valence-electron chi connectivity index (χ3n) is 5.50. The molecule has 0 radical (unpaired) electrons. The van der Waals surface area contributed by atoms with E-state index in [0.717, 1.165) is 5.56 Å². The molecule has 0 aromatic heterocycles. The van der Waals surface area contributed by atoms with Crippen LogP contribution in [0, 0.1) is 18.6 Å². The van der Waals surface area contributed by atoms with Crippen molar-refractivity contribution in [3.05, 3.63) is 70.8 Å². The summed E-state index contributed by atoms with van der Waals surface area (Å²) >= 11 is 0. The molecule has 0 aliphatic heterocycles. The van der Waals surface area contributed by atoms with Gasteiger partial charge in [0, 0.05) is 0 Å². The van der Waals surface area contributed by atoms with Crippen molar-refractivity contribution in [1.82, 2.24) is 5.48 Å². The molecule has 1 saturated carbocycles. The van der Waals surface area contributed by atoms with Gasteiger partial charge in [-0.05, 0) is 67.5 Å². The van der Waals surface area contributed by atoms with E-state index in [1.54, 1.807) is 36.7 Å². The highest BCUT2D eigenvalue weighted by molar-refractivity contribution is 5.88. The van der Waals surface area contributed by atoms with Gasteiger partial charge in [-0.2, -0.15) is 0 Å². The van der Waals surface area contributed by atoms with E-state index in [1.807, 2.05) is 0 Å². The Hall–Kier alpha value is -2.31. The molecule has 0 unspecified atom stereocenters. The normalized spacial score (nSPS) is 22.4. The summed E-state index contributed by atoms with van der Waals surface area (Å²) in [5, 5.41) is 9.26. The standard InChI is InChI=1S/C21H23F2NO3/c1-14-18(3-2-4-19(14)23)21(20(25)24-26)11-9-17(10-12-21)27-13-15-5-7-16(22)8-6-15/h2-8,17,26H,9-13H2,1H3,(H,24,25). The number of ether oxygens (including phenoxy) is 1. The summed E-state index contributed by atoms with van der Waals surface area (Å²) in [4.78, 5) is 12.5. The minimum atomic E-state index is -0.976. The topological polar surface area (TPSA) is 58.6 Å². The van der Waals surface area contributed by atoms with Gasteiger partial charge in [-0.15, -0.1) is 0 Å². The van der Waals surface area contributed by atoms with Crippen LogP contribution in [0.1, 0.15) is 42.4 Å².